The van der Waals surface area contributed by atoms with E-state index < -0.39 is 0 Å². The highest BCUT2D eigenvalue weighted by Crippen LogP contribution is 2.35. The SMILES string of the molecule is C[NH+]1CCN(c2ccc(NC(=O)c3sc4ccccc4c3Cl)cc2)CC1. The Morgan fingerprint density at radius 3 is 2.50 bits per heavy atom. The van der Waals surface area contributed by atoms with Gasteiger partial charge in [0.1, 0.15) is 4.88 Å². The standard InChI is InChI=1S/C20H20ClN3OS/c1-23-10-12-24(13-11-23)15-8-6-14(7-9-15)22-20(25)19-18(21)16-4-2-3-5-17(16)26-19/h2-9H,10-13H2,1H3,(H,22,25)/p+1. The molecule has 1 saturated heterocycles. The lowest BCUT2D eigenvalue weighted by Gasteiger charge is -2.31. The van der Waals surface area contributed by atoms with Crippen molar-refractivity contribution in [2.45, 2.75) is 0 Å². The summed E-state index contributed by atoms with van der Waals surface area (Å²) in [5.41, 5.74) is 1.99. The molecule has 0 atom stereocenters. The highest BCUT2D eigenvalue weighted by molar-refractivity contribution is 7.21. The van der Waals surface area contributed by atoms with Crippen LogP contribution >= 0.6 is 22.9 Å². The van der Waals surface area contributed by atoms with Crippen LogP contribution in [0.4, 0.5) is 11.4 Å². The molecule has 0 radical (unpaired) electrons. The first-order chi connectivity index (χ1) is 12.6. The van der Waals surface area contributed by atoms with E-state index in [2.05, 4.69) is 29.4 Å². The fourth-order valence-electron chi connectivity index (χ4n) is 3.25. The number of amides is 1. The van der Waals surface area contributed by atoms with Crippen LogP contribution in [0.5, 0.6) is 0 Å². The van der Waals surface area contributed by atoms with Gasteiger partial charge in [-0.15, -0.1) is 11.3 Å². The zero-order valence-electron chi connectivity index (χ0n) is 14.6. The molecule has 1 amide bonds. The maximum atomic E-state index is 12.6. The van der Waals surface area contributed by atoms with Crippen LogP contribution in [-0.4, -0.2) is 39.1 Å². The van der Waals surface area contributed by atoms with Crippen LogP contribution in [0.25, 0.3) is 10.1 Å². The molecule has 6 heteroatoms. The van der Waals surface area contributed by atoms with Crippen LogP contribution in [0.3, 0.4) is 0 Å². The van der Waals surface area contributed by atoms with Crippen molar-refractivity contribution in [2.24, 2.45) is 0 Å². The average molecular weight is 387 g/mol. The average Bonchev–Trinajstić information content (AvgIpc) is 3.00. The van der Waals surface area contributed by atoms with E-state index in [1.807, 2.05) is 36.4 Å². The van der Waals surface area contributed by atoms with Gasteiger partial charge in [-0.25, -0.2) is 0 Å². The lowest BCUT2D eigenvalue weighted by molar-refractivity contribution is -0.880. The number of carbonyl (C=O) groups is 1. The smallest absolute Gasteiger partial charge is 0.267 e. The van der Waals surface area contributed by atoms with Crippen molar-refractivity contribution in [1.82, 2.24) is 0 Å². The van der Waals surface area contributed by atoms with Crippen LogP contribution in [0.2, 0.25) is 5.02 Å². The van der Waals surface area contributed by atoms with Crippen LogP contribution in [0.1, 0.15) is 9.67 Å². The van der Waals surface area contributed by atoms with Gasteiger partial charge in [0.2, 0.25) is 0 Å². The van der Waals surface area contributed by atoms with Gasteiger partial charge in [-0.3, -0.25) is 4.79 Å². The number of fused-ring (bicyclic) bond motifs is 1. The fourth-order valence-corrected chi connectivity index (χ4v) is 4.66. The van der Waals surface area contributed by atoms with Crippen molar-refractivity contribution in [1.29, 1.82) is 0 Å². The number of rotatable bonds is 3. The largest absolute Gasteiger partial charge is 0.360 e. The lowest BCUT2D eigenvalue weighted by atomic mass is 10.2. The number of benzene rings is 2. The summed E-state index contributed by atoms with van der Waals surface area (Å²) >= 11 is 7.82. The second-order valence-electron chi connectivity index (χ2n) is 6.69. The number of likely N-dealkylation sites (N-methyl/N-ethyl adjacent to an activating group) is 1. The Bertz CT molecular complexity index is 930. The molecule has 2 heterocycles. The number of nitrogens with zero attached hydrogens (tertiary/aromatic N) is 1. The fraction of sp³-hybridized carbons (Fsp3) is 0.250. The molecule has 26 heavy (non-hydrogen) atoms. The molecule has 1 fully saturated rings. The van der Waals surface area contributed by atoms with Gasteiger partial charge in [-0.1, -0.05) is 29.8 Å². The highest BCUT2D eigenvalue weighted by Gasteiger charge is 2.18. The molecule has 3 aromatic rings. The van der Waals surface area contributed by atoms with Gasteiger partial charge in [0.15, 0.2) is 0 Å². The van der Waals surface area contributed by atoms with Gasteiger partial charge in [-0.2, -0.15) is 0 Å². The Hall–Kier alpha value is -2.08. The highest BCUT2D eigenvalue weighted by atomic mass is 35.5. The number of hydrogen-bond donors (Lipinski definition) is 2. The van der Waals surface area contributed by atoms with Gasteiger partial charge in [0, 0.05) is 21.5 Å². The molecule has 1 aromatic heterocycles. The first-order valence-electron chi connectivity index (χ1n) is 8.76. The summed E-state index contributed by atoms with van der Waals surface area (Å²) in [7, 11) is 2.23. The molecular formula is C20H21ClN3OS+. The number of piperazine rings is 1. The van der Waals surface area contributed by atoms with Gasteiger partial charge < -0.3 is 15.1 Å². The molecule has 0 aliphatic carbocycles. The number of halogens is 1. The molecular weight excluding hydrogens is 366 g/mol. The molecule has 0 unspecified atom stereocenters. The third-order valence-corrected chi connectivity index (χ3v) is 6.52. The molecule has 0 saturated carbocycles. The van der Waals surface area contributed by atoms with Crippen LogP contribution in [0, 0.1) is 0 Å². The van der Waals surface area contributed by atoms with Crippen molar-refractivity contribution in [3.63, 3.8) is 0 Å². The normalized spacial score (nSPS) is 15.4. The first kappa shape index (κ1) is 17.3. The lowest BCUT2D eigenvalue weighted by Crippen LogP contribution is -3.12. The van der Waals surface area contributed by atoms with Crippen LogP contribution in [0.15, 0.2) is 48.5 Å². The molecule has 2 aromatic carbocycles. The van der Waals surface area contributed by atoms with Crippen molar-refractivity contribution in [3.05, 3.63) is 58.4 Å². The van der Waals surface area contributed by atoms with E-state index in [-0.39, 0.29) is 5.91 Å². The minimum absolute atomic E-state index is 0.160. The number of quaternary nitrogens is 1. The van der Waals surface area contributed by atoms with Crippen molar-refractivity contribution < 1.29 is 9.69 Å². The van der Waals surface area contributed by atoms with Crippen molar-refractivity contribution in [2.75, 3.05) is 43.4 Å². The Labute approximate surface area is 162 Å². The summed E-state index contributed by atoms with van der Waals surface area (Å²) in [4.78, 5) is 17.1. The van der Waals surface area contributed by atoms with Crippen molar-refractivity contribution >= 4 is 50.3 Å². The molecule has 134 valence electrons. The van der Waals surface area contributed by atoms with E-state index in [1.165, 1.54) is 17.0 Å². The molecule has 0 bridgehead atoms. The Kier molecular flexibility index (Phi) is 4.85. The summed E-state index contributed by atoms with van der Waals surface area (Å²) < 4.78 is 1.02. The Morgan fingerprint density at radius 2 is 1.81 bits per heavy atom. The molecule has 4 nitrogen and oxygen atoms in total. The van der Waals surface area contributed by atoms with Gasteiger partial charge in [-0.05, 0) is 30.3 Å². The van der Waals surface area contributed by atoms with E-state index in [0.29, 0.717) is 9.90 Å². The summed E-state index contributed by atoms with van der Waals surface area (Å²) in [6, 6.07) is 15.9. The van der Waals surface area contributed by atoms with E-state index in [4.69, 9.17) is 11.6 Å². The Morgan fingerprint density at radius 1 is 1.12 bits per heavy atom. The van der Waals surface area contributed by atoms with Gasteiger partial charge in [0.25, 0.3) is 5.91 Å². The summed E-state index contributed by atoms with van der Waals surface area (Å²) in [6.45, 7) is 4.44. The quantitative estimate of drug-likeness (QED) is 0.725. The van der Waals surface area contributed by atoms with E-state index in [9.17, 15) is 4.79 Å². The molecule has 2 N–H and O–H groups in total. The number of thiophene rings is 1. The van der Waals surface area contributed by atoms with Crippen LogP contribution < -0.4 is 15.1 Å². The second-order valence-corrected chi connectivity index (χ2v) is 8.12. The third kappa shape index (κ3) is 3.43. The number of nitrogens with one attached hydrogen (secondary N) is 2. The minimum atomic E-state index is -0.160. The zero-order chi connectivity index (χ0) is 18.1. The number of hydrogen-bond acceptors (Lipinski definition) is 3. The van der Waals surface area contributed by atoms with Crippen molar-refractivity contribution in [3.8, 4) is 0 Å². The number of anilines is 2. The summed E-state index contributed by atoms with van der Waals surface area (Å²) in [5, 5.41) is 4.42. The van der Waals surface area contributed by atoms with Gasteiger partial charge >= 0.3 is 0 Å². The molecule has 4 rings (SSSR count). The predicted octanol–water partition coefficient (Wildman–Crippen LogP) is 3.14. The third-order valence-electron chi connectivity index (χ3n) is 4.85. The summed E-state index contributed by atoms with van der Waals surface area (Å²) in [5.74, 6) is -0.160. The maximum absolute atomic E-state index is 12.6. The monoisotopic (exact) mass is 386 g/mol. The van der Waals surface area contributed by atoms with E-state index in [1.54, 1.807) is 4.90 Å². The Balaban J connectivity index is 1.48. The molecule has 1 aliphatic rings. The number of carbonyl (C=O) groups excluding carboxylic acids is 1. The first-order valence-corrected chi connectivity index (χ1v) is 9.96. The van der Waals surface area contributed by atoms with Gasteiger partial charge in [0.05, 0.1) is 38.2 Å². The summed E-state index contributed by atoms with van der Waals surface area (Å²) in [6.07, 6.45) is 0. The maximum Gasteiger partial charge on any atom is 0.267 e. The minimum Gasteiger partial charge on any atom is -0.360 e. The predicted molar refractivity (Wildman–Crippen MR) is 110 cm³/mol. The van der Waals surface area contributed by atoms with E-state index >= 15 is 0 Å². The topological polar surface area (TPSA) is 36.8 Å². The zero-order valence-corrected chi connectivity index (χ0v) is 16.2. The molecule has 0 spiro atoms. The van der Waals surface area contributed by atoms with Crippen LogP contribution in [-0.2, 0) is 0 Å². The second kappa shape index (κ2) is 7.27. The van der Waals surface area contributed by atoms with E-state index in [0.717, 1.165) is 42.0 Å². The molecule has 1 aliphatic heterocycles.